The molecule has 1 atom stereocenters. The Morgan fingerprint density at radius 1 is 0.643 bits per heavy atom. The third-order valence-corrected chi connectivity index (χ3v) is 2.83. The standard InChI is InChI=1S/C12H26S.H3P/c1-2-3-4-5-6-7-8-9-10-11-12-13;/h13H,2-12H2,1H3;1H3. The second-order valence-corrected chi connectivity index (χ2v) is 4.35. The molecule has 0 nitrogen and oxygen atoms in total. The summed E-state index contributed by atoms with van der Waals surface area (Å²) in [6.07, 6.45) is 14.2. The third-order valence-electron chi connectivity index (χ3n) is 2.51. The zero-order valence-corrected chi connectivity index (χ0v) is 12.2. The molecule has 0 aromatic heterocycles. The molecule has 0 aromatic rings. The molecule has 0 saturated heterocycles. The Kier molecular flexibility index (Phi) is 19.9. The first kappa shape index (κ1) is 17.2. The lowest BCUT2D eigenvalue weighted by Gasteiger charge is -2.00. The lowest BCUT2D eigenvalue weighted by atomic mass is 10.1. The minimum absolute atomic E-state index is 0. The molecular weight excluding hydrogens is 207 g/mol. The maximum Gasteiger partial charge on any atom is -0.00979 e. The Hall–Kier alpha value is 0.780. The zero-order chi connectivity index (χ0) is 9.78. The molecule has 0 bridgehead atoms. The lowest BCUT2D eigenvalue weighted by Crippen LogP contribution is -1.81. The average Bonchev–Trinajstić information content (AvgIpc) is 2.16. The molecule has 88 valence electrons. The van der Waals surface area contributed by atoms with Crippen molar-refractivity contribution in [2.45, 2.75) is 71.1 Å². The second-order valence-electron chi connectivity index (χ2n) is 3.91. The highest BCUT2D eigenvalue weighted by molar-refractivity contribution is 7.80. The van der Waals surface area contributed by atoms with Gasteiger partial charge >= 0.3 is 0 Å². The van der Waals surface area contributed by atoms with Gasteiger partial charge in [0.15, 0.2) is 0 Å². The minimum atomic E-state index is 0. The first-order valence-corrected chi connectivity index (χ1v) is 6.66. The molecule has 14 heavy (non-hydrogen) atoms. The summed E-state index contributed by atoms with van der Waals surface area (Å²) in [4.78, 5) is 0. The van der Waals surface area contributed by atoms with Crippen LogP contribution in [-0.4, -0.2) is 5.75 Å². The van der Waals surface area contributed by atoms with Crippen molar-refractivity contribution in [2.75, 3.05) is 5.75 Å². The van der Waals surface area contributed by atoms with Crippen molar-refractivity contribution in [1.82, 2.24) is 0 Å². The van der Waals surface area contributed by atoms with Gasteiger partial charge in [0.25, 0.3) is 0 Å². The number of unbranched alkanes of at least 4 members (excludes halogenated alkanes) is 9. The fourth-order valence-electron chi connectivity index (χ4n) is 1.60. The van der Waals surface area contributed by atoms with Gasteiger partial charge in [0.1, 0.15) is 0 Å². The maximum absolute atomic E-state index is 4.20. The molecular formula is C12H29PS. The van der Waals surface area contributed by atoms with Crippen LogP contribution in [0.4, 0.5) is 0 Å². The molecule has 0 aromatic carbocycles. The molecule has 0 aliphatic heterocycles. The fraction of sp³-hybridized carbons (Fsp3) is 1.00. The number of thiol groups is 1. The SMILES string of the molecule is CCCCCCCCCCCCS.P. The Balaban J connectivity index is 0. The van der Waals surface area contributed by atoms with E-state index in [4.69, 9.17) is 0 Å². The van der Waals surface area contributed by atoms with Gasteiger partial charge in [-0.15, -0.1) is 0 Å². The largest absolute Gasteiger partial charge is 0.179 e. The van der Waals surface area contributed by atoms with Gasteiger partial charge in [-0.25, -0.2) is 0 Å². The van der Waals surface area contributed by atoms with Gasteiger partial charge in [0.2, 0.25) is 0 Å². The average molecular weight is 236 g/mol. The van der Waals surface area contributed by atoms with E-state index in [1.165, 1.54) is 64.2 Å². The molecule has 0 spiro atoms. The van der Waals surface area contributed by atoms with E-state index in [1.54, 1.807) is 0 Å². The topological polar surface area (TPSA) is 0 Å². The van der Waals surface area contributed by atoms with Gasteiger partial charge in [0.05, 0.1) is 0 Å². The van der Waals surface area contributed by atoms with Crippen molar-refractivity contribution in [3.63, 3.8) is 0 Å². The highest BCUT2D eigenvalue weighted by Gasteiger charge is 1.91. The molecule has 1 unspecified atom stereocenters. The summed E-state index contributed by atoms with van der Waals surface area (Å²) in [5.74, 6) is 1.07. The van der Waals surface area contributed by atoms with Crippen molar-refractivity contribution in [3.05, 3.63) is 0 Å². The van der Waals surface area contributed by atoms with Crippen LogP contribution in [0.3, 0.4) is 0 Å². The van der Waals surface area contributed by atoms with Gasteiger partial charge in [-0.1, -0.05) is 64.7 Å². The normalized spacial score (nSPS) is 9.86. The number of rotatable bonds is 10. The Morgan fingerprint density at radius 2 is 1.00 bits per heavy atom. The molecule has 0 aliphatic rings. The molecule has 0 radical (unpaired) electrons. The van der Waals surface area contributed by atoms with E-state index in [0.717, 1.165) is 5.75 Å². The van der Waals surface area contributed by atoms with E-state index >= 15 is 0 Å². The molecule has 0 aliphatic carbocycles. The van der Waals surface area contributed by atoms with E-state index in [9.17, 15) is 0 Å². The van der Waals surface area contributed by atoms with Crippen LogP contribution in [0.5, 0.6) is 0 Å². The van der Waals surface area contributed by atoms with Crippen molar-refractivity contribution < 1.29 is 0 Å². The van der Waals surface area contributed by atoms with Crippen molar-refractivity contribution >= 4 is 22.5 Å². The van der Waals surface area contributed by atoms with Gasteiger partial charge in [0, 0.05) is 0 Å². The highest BCUT2D eigenvalue weighted by atomic mass is 32.1. The number of hydrogen-bond donors (Lipinski definition) is 1. The second kappa shape index (κ2) is 16.2. The lowest BCUT2D eigenvalue weighted by molar-refractivity contribution is 0.563. The summed E-state index contributed by atoms with van der Waals surface area (Å²) in [6, 6.07) is 0. The summed E-state index contributed by atoms with van der Waals surface area (Å²) < 4.78 is 0. The predicted octanol–water partition coefficient (Wildman–Crippen LogP) is 4.90. The van der Waals surface area contributed by atoms with E-state index in [1.807, 2.05) is 0 Å². The minimum Gasteiger partial charge on any atom is -0.179 e. The van der Waals surface area contributed by atoms with E-state index < -0.39 is 0 Å². The van der Waals surface area contributed by atoms with Gasteiger partial charge < -0.3 is 0 Å². The molecule has 0 rings (SSSR count). The van der Waals surface area contributed by atoms with Gasteiger partial charge in [-0.2, -0.15) is 22.5 Å². The van der Waals surface area contributed by atoms with Crippen LogP contribution >= 0.6 is 22.5 Å². The summed E-state index contributed by atoms with van der Waals surface area (Å²) in [6.45, 7) is 2.28. The van der Waals surface area contributed by atoms with Crippen LogP contribution in [0.25, 0.3) is 0 Å². The van der Waals surface area contributed by atoms with Crippen LogP contribution < -0.4 is 0 Å². The summed E-state index contributed by atoms with van der Waals surface area (Å²) in [5, 5.41) is 0. The molecule has 0 heterocycles. The smallest absolute Gasteiger partial charge is 0.00979 e. The van der Waals surface area contributed by atoms with Gasteiger partial charge in [-0.05, 0) is 12.2 Å². The van der Waals surface area contributed by atoms with E-state index in [-0.39, 0.29) is 9.90 Å². The van der Waals surface area contributed by atoms with Crippen LogP contribution in [0.15, 0.2) is 0 Å². The molecule has 2 heteroatoms. The highest BCUT2D eigenvalue weighted by Crippen LogP contribution is 2.10. The van der Waals surface area contributed by atoms with Crippen molar-refractivity contribution in [3.8, 4) is 0 Å². The first-order valence-electron chi connectivity index (χ1n) is 6.02. The molecule has 0 fully saturated rings. The van der Waals surface area contributed by atoms with Crippen LogP contribution in [-0.2, 0) is 0 Å². The Labute approximate surface area is 99.7 Å². The molecule has 0 N–H and O–H groups in total. The Morgan fingerprint density at radius 3 is 1.36 bits per heavy atom. The van der Waals surface area contributed by atoms with Crippen LogP contribution in [0, 0.1) is 0 Å². The quantitative estimate of drug-likeness (QED) is 0.311. The zero-order valence-electron chi connectivity index (χ0n) is 9.93. The first-order chi connectivity index (χ1) is 6.41. The van der Waals surface area contributed by atoms with Gasteiger partial charge in [-0.3, -0.25) is 0 Å². The fourth-order valence-corrected chi connectivity index (χ4v) is 1.82. The van der Waals surface area contributed by atoms with E-state index in [0.29, 0.717) is 0 Å². The van der Waals surface area contributed by atoms with E-state index in [2.05, 4.69) is 19.6 Å². The van der Waals surface area contributed by atoms with Crippen LogP contribution in [0.1, 0.15) is 71.1 Å². The third kappa shape index (κ3) is 15.3. The van der Waals surface area contributed by atoms with Crippen LogP contribution in [0.2, 0.25) is 0 Å². The van der Waals surface area contributed by atoms with Crippen molar-refractivity contribution in [2.24, 2.45) is 0 Å². The molecule has 0 amide bonds. The summed E-state index contributed by atoms with van der Waals surface area (Å²) >= 11 is 4.20. The van der Waals surface area contributed by atoms with Crippen molar-refractivity contribution in [1.29, 1.82) is 0 Å². The summed E-state index contributed by atoms with van der Waals surface area (Å²) in [5.41, 5.74) is 0. The summed E-state index contributed by atoms with van der Waals surface area (Å²) in [7, 11) is 0. The monoisotopic (exact) mass is 236 g/mol. The molecule has 0 saturated carbocycles. The number of hydrogen-bond acceptors (Lipinski definition) is 1. The Bertz CT molecular complexity index is 76.4. The predicted molar refractivity (Wildman–Crippen MR) is 76.8 cm³/mol. The maximum atomic E-state index is 4.20.